The Hall–Kier alpha value is -1.51. The molecule has 0 spiro atoms. The summed E-state index contributed by atoms with van der Waals surface area (Å²) in [5.74, 6) is 1.07. The van der Waals surface area contributed by atoms with Gasteiger partial charge in [0.2, 0.25) is 0 Å². The minimum absolute atomic E-state index is 0.168. The van der Waals surface area contributed by atoms with Crippen LogP contribution in [0.3, 0.4) is 0 Å². The molecule has 1 aromatic rings. The van der Waals surface area contributed by atoms with Crippen LogP contribution in [0.1, 0.15) is 52.0 Å². The lowest BCUT2D eigenvalue weighted by molar-refractivity contribution is 0.285. The highest BCUT2D eigenvalue weighted by Crippen LogP contribution is 2.36. The summed E-state index contributed by atoms with van der Waals surface area (Å²) in [7, 11) is 0. The van der Waals surface area contributed by atoms with Crippen molar-refractivity contribution in [1.82, 2.24) is 0 Å². The predicted octanol–water partition coefficient (Wildman–Crippen LogP) is 5.08. The van der Waals surface area contributed by atoms with Crippen LogP contribution in [0.5, 0.6) is 11.5 Å². The molecule has 0 aliphatic carbocycles. The van der Waals surface area contributed by atoms with Crippen LogP contribution in [0.15, 0.2) is 24.3 Å². The summed E-state index contributed by atoms with van der Waals surface area (Å²) in [5, 5.41) is 0. The molecule has 20 heavy (non-hydrogen) atoms. The van der Waals surface area contributed by atoms with Gasteiger partial charge in [-0.15, -0.1) is 0 Å². The number of halogens is 1. The van der Waals surface area contributed by atoms with Gasteiger partial charge in [0, 0.05) is 6.07 Å². The molecule has 0 saturated heterocycles. The smallest absolute Gasteiger partial charge is 0.164 e. The Morgan fingerprint density at radius 1 is 1.10 bits per heavy atom. The van der Waals surface area contributed by atoms with Gasteiger partial charge >= 0.3 is 0 Å². The average Bonchev–Trinajstić information content (AvgIpc) is 2.44. The number of rotatable bonds is 8. The van der Waals surface area contributed by atoms with Crippen LogP contribution < -0.4 is 9.47 Å². The van der Waals surface area contributed by atoms with Crippen LogP contribution >= 0.6 is 0 Å². The third kappa shape index (κ3) is 4.26. The van der Waals surface area contributed by atoms with Crippen LogP contribution in [0, 0.1) is 5.82 Å². The maximum Gasteiger partial charge on any atom is 0.164 e. The van der Waals surface area contributed by atoms with Gasteiger partial charge < -0.3 is 9.47 Å². The lowest BCUT2D eigenvalue weighted by Gasteiger charge is -2.18. The monoisotopic (exact) mass is 280 g/mol. The van der Waals surface area contributed by atoms with Crippen molar-refractivity contribution in [3.05, 3.63) is 35.7 Å². The molecule has 0 heterocycles. The highest BCUT2D eigenvalue weighted by atomic mass is 19.1. The van der Waals surface area contributed by atoms with Gasteiger partial charge in [0.15, 0.2) is 11.5 Å². The van der Waals surface area contributed by atoms with E-state index >= 15 is 0 Å². The molecular weight excluding hydrogens is 255 g/mol. The van der Waals surface area contributed by atoms with Crippen molar-refractivity contribution in [2.75, 3.05) is 13.2 Å². The summed E-state index contributed by atoms with van der Waals surface area (Å²) in [6.07, 6.45) is 5.80. The number of hydrogen-bond donors (Lipinski definition) is 0. The molecule has 1 aromatic carbocycles. The first-order valence-corrected chi connectivity index (χ1v) is 7.37. The number of hydrogen-bond acceptors (Lipinski definition) is 2. The first kappa shape index (κ1) is 16.5. The quantitative estimate of drug-likeness (QED) is 0.618. The Morgan fingerprint density at radius 3 is 2.20 bits per heavy atom. The molecule has 3 heteroatoms. The SMILES string of the molecule is C/C=C\CC(CC)c1cc(OCC)c(OCC)cc1F. The minimum atomic E-state index is -0.215. The first-order chi connectivity index (χ1) is 9.67. The van der Waals surface area contributed by atoms with Crippen molar-refractivity contribution >= 4 is 0 Å². The van der Waals surface area contributed by atoms with E-state index in [4.69, 9.17) is 9.47 Å². The molecule has 0 aliphatic heterocycles. The Balaban J connectivity index is 3.14. The summed E-state index contributed by atoms with van der Waals surface area (Å²) in [4.78, 5) is 0. The normalized spacial score (nSPS) is 12.7. The molecule has 1 atom stereocenters. The molecular formula is C17H25FO2. The first-order valence-electron chi connectivity index (χ1n) is 7.37. The molecule has 1 unspecified atom stereocenters. The standard InChI is InChI=1S/C17H25FO2/c1-5-9-10-13(6-2)14-11-16(19-7-3)17(20-8-4)12-15(14)18/h5,9,11-13H,6-8,10H2,1-4H3/b9-5-. The maximum absolute atomic E-state index is 14.3. The van der Waals surface area contributed by atoms with Crippen molar-refractivity contribution < 1.29 is 13.9 Å². The maximum atomic E-state index is 14.3. The van der Waals surface area contributed by atoms with Gasteiger partial charge in [0.05, 0.1) is 13.2 Å². The van der Waals surface area contributed by atoms with Gasteiger partial charge in [0.25, 0.3) is 0 Å². The van der Waals surface area contributed by atoms with Gasteiger partial charge in [-0.1, -0.05) is 19.1 Å². The highest BCUT2D eigenvalue weighted by molar-refractivity contribution is 5.45. The van der Waals surface area contributed by atoms with E-state index < -0.39 is 0 Å². The third-order valence-corrected chi connectivity index (χ3v) is 3.25. The molecule has 0 bridgehead atoms. The van der Waals surface area contributed by atoms with Crippen molar-refractivity contribution in [1.29, 1.82) is 0 Å². The molecule has 0 aliphatic rings. The zero-order valence-electron chi connectivity index (χ0n) is 12.9. The van der Waals surface area contributed by atoms with Gasteiger partial charge in [-0.2, -0.15) is 0 Å². The second-order valence-corrected chi connectivity index (χ2v) is 4.60. The lowest BCUT2D eigenvalue weighted by Crippen LogP contribution is -2.04. The van der Waals surface area contributed by atoms with Crippen LogP contribution in [-0.4, -0.2) is 13.2 Å². The second-order valence-electron chi connectivity index (χ2n) is 4.60. The molecule has 0 radical (unpaired) electrons. The summed E-state index contributed by atoms with van der Waals surface area (Å²) in [5.41, 5.74) is 0.706. The molecule has 112 valence electrons. The Kier molecular flexibility index (Phi) is 7.13. The van der Waals surface area contributed by atoms with E-state index in [1.165, 1.54) is 6.07 Å². The van der Waals surface area contributed by atoms with Crippen molar-refractivity contribution in [2.24, 2.45) is 0 Å². The number of benzene rings is 1. The lowest BCUT2D eigenvalue weighted by atomic mass is 9.92. The Labute approximate surface area is 121 Å². The molecule has 0 amide bonds. The van der Waals surface area contributed by atoms with Gasteiger partial charge in [0.1, 0.15) is 5.82 Å². The molecule has 2 nitrogen and oxygen atoms in total. The van der Waals surface area contributed by atoms with E-state index in [-0.39, 0.29) is 11.7 Å². The van der Waals surface area contributed by atoms with Crippen LogP contribution in [-0.2, 0) is 0 Å². The van der Waals surface area contributed by atoms with E-state index in [2.05, 4.69) is 13.0 Å². The Morgan fingerprint density at radius 2 is 1.70 bits per heavy atom. The van der Waals surface area contributed by atoms with E-state index in [0.29, 0.717) is 30.3 Å². The van der Waals surface area contributed by atoms with Gasteiger partial charge in [-0.3, -0.25) is 0 Å². The largest absolute Gasteiger partial charge is 0.490 e. The Bertz CT molecular complexity index is 441. The predicted molar refractivity (Wildman–Crippen MR) is 81.2 cm³/mol. The van der Waals surface area contributed by atoms with Gasteiger partial charge in [-0.05, 0) is 51.2 Å². The summed E-state index contributed by atoms with van der Waals surface area (Å²) in [6, 6.07) is 3.24. The molecule has 1 rings (SSSR count). The van der Waals surface area contributed by atoms with E-state index in [1.54, 1.807) is 6.07 Å². The van der Waals surface area contributed by atoms with Crippen LogP contribution in [0.25, 0.3) is 0 Å². The summed E-state index contributed by atoms with van der Waals surface area (Å²) in [6.45, 7) is 8.88. The highest BCUT2D eigenvalue weighted by Gasteiger charge is 2.17. The fraction of sp³-hybridized carbons (Fsp3) is 0.529. The second kappa shape index (κ2) is 8.62. The van der Waals surface area contributed by atoms with E-state index in [1.807, 2.05) is 26.8 Å². The zero-order valence-corrected chi connectivity index (χ0v) is 12.9. The summed E-state index contributed by atoms with van der Waals surface area (Å²) < 4.78 is 25.3. The van der Waals surface area contributed by atoms with Crippen molar-refractivity contribution in [3.8, 4) is 11.5 Å². The van der Waals surface area contributed by atoms with Crippen molar-refractivity contribution in [3.63, 3.8) is 0 Å². The topological polar surface area (TPSA) is 18.5 Å². The zero-order chi connectivity index (χ0) is 15.0. The molecule has 0 N–H and O–H groups in total. The van der Waals surface area contributed by atoms with Crippen LogP contribution in [0.4, 0.5) is 4.39 Å². The molecule has 0 aromatic heterocycles. The van der Waals surface area contributed by atoms with E-state index in [0.717, 1.165) is 12.8 Å². The molecule has 0 saturated carbocycles. The minimum Gasteiger partial charge on any atom is -0.490 e. The third-order valence-electron chi connectivity index (χ3n) is 3.25. The van der Waals surface area contributed by atoms with E-state index in [9.17, 15) is 4.39 Å². The fourth-order valence-corrected chi connectivity index (χ4v) is 2.21. The summed E-state index contributed by atoms with van der Waals surface area (Å²) >= 11 is 0. The van der Waals surface area contributed by atoms with Crippen LogP contribution in [0.2, 0.25) is 0 Å². The fourth-order valence-electron chi connectivity index (χ4n) is 2.21. The molecule has 0 fully saturated rings. The van der Waals surface area contributed by atoms with Gasteiger partial charge in [-0.25, -0.2) is 4.39 Å². The number of allylic oxidation sites excluding steroid dienone is 2. The van der Waals surface area contributed by atoms with Crippen molar-refractivity contribution in [2.45, 2.75) is 46.5 Å². The average molecular weight is 280 g/mol. The number of ether oxygens (including phenoxy) is 2.